The van der Waals surface area contributed by atoms with Gasteiger partial charge in [0.05, 0.1) is 8.07 Å². The molecule has 1 atom stereocenters. The summed E-state index contributed by atoms with van der Waals surface area (Å²) in [5.74, 6) is 0. The zero-order valence-electron chi connectivity index (χ0n) is 9.53. The SMILES string of the molecule is C=CC[Si](C)(C)C1C=Cc2ccccc21. The van der Waals surface area contributed by atoms with Crippen molar-refractivity contribution >= 4 is 14.1 Å². The van der Waals surface area contributed by atoms with Crippen LogP contribution in [0.3, 0.4) is 0 Å². The van der Waals surface area contributed by atoms with Crippen molar-refractivity contribution in [2.24, 2.45) is 0 Å². The molecule has 0 amide bonds. The number of hydrogen-bond acceptors (Lipinski definition) is 0. The van der Waals surface area contributed by atoms with Crippen LogP contribution in [0.4, 0.5) is 0 Å². The third kappa shape index (κ3) is 1.84. The predicted octanol–water partition coefficient (Wildman–Crippen LogP) is 4.23. The van der Waals surface area contributed by atoms with Gasteiger partial charge in [0.2, 0.25) is 0 Å². The van der Waals surface area contributed by atoms with E-state index in [1.165, 1.54) is 17.2 Å². The lowest BCUT2D eigenvalue weighted by molar-refractivity contribution is 1.14. The molecule has 0 N–H and O–H groups in total. The molecule has 1 aliphatic carbocycles. The van der Waals surface area contributed by atoms with Crippen molar-refractivity contribution in [1.29, 1.82) is 0 Å². The summed E-state index contributed by atoms with van der Waals surface area (Å²) in [7, 11) is -1.23. The van der Waals surface area contributed by atoms with Gasteiger partial charge in [-0.25, -0.2) is 0 Å². The molecule has 0 aliphatic heterocycles. The Labute approximate surface area is 93.3 Å². The quantitative estimate of drug-likeness (QED) is 0.522. The van der Waals surface area contributed by atoms with Gasteiger partial charge in [0.1, 0.15) is 0 Å². The Kier molecular flexibility index (Phi) is 2.66. The number of hydrogen-bond donors (Lipinski definition) is 0. The van der Waals surface area contributed by atoms with E-state index in [2.05, 4.69) is 62.2 Å². The summed E-state index contributed by atoms with van der Waals surface area (Å²) in [4.78, 5) is 0. The van der Waals surface area contributed by atoms with Crippen LogP contribution in [0.15, 0.2) is 43.0 Å². The summed E-state index contributed by atoms with van der Waals surface area (Å²) in [6.07, 6.45) is 6.75. The third-order valence-corrected chi connectivity index (χ3v) is 6.84. The highest BCUT2D eigenvalue weighted by Gasteiger charge is 2.32. The zero-order valence-corrected chi connectivity index (χ0v) is 10.5. The van der Waals surface area contributed by atoms with E-state index in [9.17, 15) is 0 Å². The molecule has 0 bridgehead atoms. The summed E-state index contributed by atoms with van der Waals surface area (Å²) in [5.41, 5.74) is 3.61. The summed E-state index contributed by atoms with van der Waals surface area (Å²) < 4.78 is 0. The molecule has 2 rings (SSSR count). The summed E-state index contributed by atoms with van der Waals surface area (Å²) in [5, 5.41) is 0. The van der Waals surface area contributed by atoms with E-state index in [1.807, 2.05) is 0 Å². The second-order valence-electron chi connectivity index (χ2n) is 4.95. The van der Waals surface area contributed by atoms with Gasteiger partial charge in [-0.3, -0.25) is 0 Å². The lowest BCUT2D eigenvalue weighted by atomic mass is 10.1. The fourth-order valence-corrected chi connectivity index (χ4v) is 5.15. The van der Waals surface area contributed by atoms with E-state index in [0.717, 1.165) is 0 Å². The van der Waals surface area contributed by atoms with Crippen molar-refractivity contribution in [2.75, 3.05) is 0 Å². The van der Waals surface area contributed by atoms with Gasteiger partial charge in [-0.05, 0) is 22.7 Å². The maximum atomic E-state index is 3.88. The molecule has 1 unspecified atom stereocenters. The lowest BCUT2D eigenvalue weighted by Crippen LogP contribution is -2.32. The van der Waals surface area contributed by atoms with E-state index in [4.69, 9.17) is 0 Å². The first kappa shape index (κ1) is 10.4. The van der Waals surface area contributed by atoms with Crippen LogP contribution in [0.5, 0.6) is 0 Å². The van der Waals surface area contributed by atoms with Crippen LogP contribution in [0.2, 0.25) is 19.1 Å². The van der Waals surface area contributed by atoms with Crippen LogP contribution in [0.25, 0.3) is 6.08 Å². The standard InChI is InChI=1S/C14H18Si/c1-4-11-15(2,3)14-10-9-12-7-5-6-8-13(12)14/h4-10,14H,1,11H2,2-3H3. The van der Waals surface area contributed by atoms with Crippen LogP contribution in [-0.4, -0.2) is 8.07 Å². The van der Waals surface area contributed by atoms with Gasteiger partial charge in [0.25, 0.3) is 0 Å². The highest BCUT2D eigenvalue weighted by Crippen LogP contribution is 2.38. The normalized spacial score (nSPS) is 18.9. The van der Waals surface area contributed by atoms with Crippen LogP contribution in [0, 0.1) is 0 Å². The molecule has 0 aromatic heterocycles. The van der Waals surface area contributed by atoms with Crippen molar-refractivity contribution in [3.05, 3.63) is 54.1 Å². The molecule has 0 heterocycles. The number of benzene rings is 1. The molecule has 78 valence electrons. The van der Waals surface area contributed by atoms with Crippen molar-refractivity contribution < 1.29 is 0 Å². The highest BCUT2D eigenvalue weighted by atomic mass is 28.3. The molecule has 0 saturated carbocycles. The maximum absolute atomic E-state index is 3.88. The predicted molar refractivity (Wildman–Crippen MR) is 70.7 cm³/mol. The molecule has 0 radical (unpaired) electrons. The monoisotopic (exact) mass is 214 g/mol. The average molecular weight is 214 g/mol. The number of rotatable bonds is 3. The molecule has 1 aromatic carbocycles. The minimum absolute atomic E-state index is 0.673. The van der Waals surface area contributed by atoms with Crippen molar-refractivity contribution in [3.63, 3.8) is 0 Å². The largest absolute Gasteiger partial charge is 0.103 e. The summed E-state index contributed by atoms with van der Waals surface area (Å²) >= 11 is 0. The fraction of sp³-hybridized carbons (Fsp3) is 0.286. The Bertz CT molecular complexity index is 402. The van der Waals surface area contributed by atoms with Gasteiger partial charge in [-0.2, -0.15) is 0 Å². The van der Waals surface area contributed by atoms with E-state index in [0.29, 0.717) is 5.54 Å². The first-order valence-corrected chi connectivity index (χ1v) is 8.81. The molecule has 1 heteroatoms. The second kappa shape index (κ2) is 3.82. The Hall–Kier alpha value is -1.08. The minimum atomic E-state index is -1.23. The summed E-state index contributed by atoms with van der Waals surface area (Å²) in [6.45, 7) is 8.78. The maximum Gasteiger partial charge on any atom is 0.0633 e. The van der Waals surface area contributed by atoms with Crippen LogP contribution < -0.4 is 0 Å². The molecule has 0 fully saturated rings. The molecule has 0 saturated heterocycles. The van der Waals surface area contributed by atoms with Gasteiger partial charge >= 0.3 is 0 Å². The summed E-state index contributed by atoms with van der Waals surface area (Å²) in [6, 6.07) is 9.95. The smallest absolute Gasteiger partial charge is 0.0633 e. The van der Waals surface area contributed by atoms with Crippen molar-refractivity contribution in [2.45, 2.75) is 24.7 Å². The van der Waals surface area contributed by atoms with Gasteiger partial charge in [0, 0.05) is 0 Å². The van der Waals surface area contributed by atoms with Crippen molar-refractivity contribution in [3.8, 4) is 0 Å². The van der Waals surface area contributed by atoms with Crippen LogP contribution in [-0.2, 0) is 0 Å². The topological polar surface area (TPSA) is 0 Å². The van der Waals surface area contributed by atoms with Gasteiger partial charge in [-0.15, -0.1) is 6.58 Å². The first-order valence-electron chi connectivity index (χ1n) is 5.53. The van der Waals surface area contributed by atoms with Gasteiger partial charge < -0.3 is 0 Å². The molecule has 1 aromatic rings. The minimum Gasteiger partial charge on any atom is -0.103 e. The first-order chi connectivity index (χ1) is 7.15. The fourth-order valence-electron chi connectivity index (χ4n) is 2.43. The molecule has 15 heavy (non-hydrogen) atoms. The van der Waals surface area contributed by atoms with E-state index in [-0.39, 0.29) is 0 Å². The van der Waals surface area contributed by atoms with Gasteiger partial charge in [0.15, 0.2) is 0 Å². The Balaban J connectivity index is 2.35. The van der Waals surface area contributed by atoms with E-state index in [1.54, 1.807) is 0 Å². The molecule has 1 aliphatic rings. The molecule has 0 spiro atoms. The Morgan fingerprint density at radius 3 is 2.80 bits per heavy atom. The van der Waals surface area contributed by atoms with E-state index < -0.39 is 8.07 Å². The van der Waals surface area contributed by atoms with Crippen LogP contribution in [0.1, 0.15) is 16.7 Å². The lowest BCUT2D eigenvalue weighted by Gasteiger charge is -2.28. The molecular weight excluding hydrogens is 196 g/mol. The Morgan fingerprint density at radius 1 is 1.33 bits per heavy atom. The number of fused-ring (bicyclic) bond motifs is 1. The third-order valence-electron chi connectivity index (χ3n) is 3.31. The van der Waals surface area contributed by atoms with Crippen LogP contribution >= 0.6 is 0 Å². The molecule has 0 nitrogen and oxygen atoms in total. The van der Waals surface area contributed by atoms with Gasteiger partial charge in [-0.1, -0.05) is 55.6 Å². The van der Waals surface area contributed by atoms with E-state index >= 15 is 0 Å². The highest BCUT2D eigenvalue weighted by molar-refractivity contribution is 6.79. The Morgan fingerprint density at radius 2 is 2.07 bits per heavy atom. The zero-order chi connectivity index (χ0) is 10.9. The second-order valence-corrected chi connectivity index (χ2v) is 9.95. The number of allylic oxidation sites excluding steroid dienone is 2. The van der Waals surface area contributed by atoms with Crippen molar-refractivity contribution in [1.82, 2.24) is 0 Å². The molecular formula is C14H18Si. The average Bonchev–Trinajstić information content (AvgIpc) is 2.61.